The van der Waals surface area contributed by atoms with Crippen LogP contribution in [0.5, 0.6) is 0 Å². The van der Waals surface area contributed by atoms with Crippen LogP contribution in [0.1, 0.15) is 19.3 Å². The van der Waals surface area contributed by atoms with Crippen molar-refractivity contribution >= 4 is 23.1 Å². The lowest BCUT2D eigenvalue weighted by Crippen LogP contribution is -2.43. The van der Waals surface area contributed by atoms with E-state index in [-0.39, 0.29) is 5.91 Å². The lowest BCUT2D eigenvalue weighted by molar-refractivity contribution is -0.147. The average Bonchev–Trinajstić information content (AvgIpc) is 2.29. The Hall–Kier alpha value is -0.720. The van der Waals surface area contributed by atoms with Crippen molar-refractivity contribution in [2.45, 2.75) is 25.4 Å². The van der Waals surface area contributed by atoms with Crippen LogP contribution >= 0.6 is 12.2 Å². The average molecular weight is 246 g/mol. The molecule has 0 aromatic heterocycles. The zero-order valence-corrected chi connectivity index (χ0v) is 10.1. The van der Waals surface area contributed by atoms with Gasteiger partial charge >= 0.3 is 0 Å². The molecule has 1 heterocycles. The minimum absolute atomic E-state index is 0.102. The molecule has 1 atom stereocenters. The second-order valence-electron chi connectivity index (χ2n) is 3.65. The number of amides is 1. The number of rotatable bonds is 6. The molecular formula is C10H18N2O3S. The van der Waals surface area contributed by atoms with Crippen LogP contribution in [0.2, 0.25) is 0 Å². The predicted octanol–water partition coefficient (Wildman–Crippen LogP) is -0.0256. The smallest absolute Gasteiger partial charge is 0.251 e. The number of nitrogens with one attached hydrogen (secondary N) is 1. The van der Waals surface area contributed by atoms with Crippen molar-refractivity contribution in [3.05, 3.63) is 0 Å². The van der Waals surface area contributed by atoms with Gasteiger partial charge in [-0.15, -0.1) is 0 Å². The normalized spacial score (nSPS) is 20.4. The summed E-state index contributed by atoms with van der Waals surface area (Å²) < 4.78 is 10.4. The number of hydrogen-bond donors (Lipinski definition) is 2. The summed E-state index contributed by atoms with van der Waals surface area (Å²) >= 11 is 4.75. The molecule has 1 amide bonds. The topological polar surface area (TPSA) is 73.6 Å². The van der Waals surface area contributed by atoms with Gasteiger partial charge < -0.3 is 20.5 Å². The SMILES string of the molecule is NC(=S)CCCCNC(=O)C1COCCO1. The summed E-state index contributed by atoms with van der Waals surface area (Å²) in [6, 6.07) is 0. The minimum atomic E-state index is -0.454. The molecule has 0 aromatic rings. The van der Waals surface area contributed by atoms with Gasteiger partial charge in [0.15, 0.2) is 6.10 Å². The molecule has 1 aliphatic rings. The van der Waals surface area contributed by atoms with E-state index in [0.29, 0.717) is 31.4 Å². The number of nitrogens with two attached hydrogens (primary N) is 1. The molecular weight excluding hydrogens is 228 g/mol. The second kappa shape index (κ2) is 7.54. The lowest BCUT2D eigenvalue weighted by atomic mass is 10.2. The highest BCUT2D eigenvalue weighted by Crippen LogP contribution is 2.01. The molecule has 0 spiro atoms. The Labute approximate surface area is 101 Å². The van der Waals surface area contributed by atoms with Crippen molar-refractivity contribution in [2.75, 3.05) is 26.4 Å². The highest BCUT2D eigenvalue weighted by Gasteiger charge is 2.21. The van der Waals surface area contributed by atoms with Gasteiger partial charge in [0.2, 0.25) is 0 Å². The van der Waals surface area contributed by atoms with Gasteiger partial charge in [0.25, 0.3) is 5.91 Å². The number of unbranched alkanes of at least 4 members (excludes halogenated alkanes) is 1. The van der Waals surface area contributed by atoms with Crippen LogP contribution in [-0.2, 0) is 14.3 Å². The maximum Gasteiger partial charge on any atom is 0.251 e. The standard InChI is InChI=1S/C10H18N2O3S/c11-9(16)3-1-2-4-12-10(13)8-7-14-5-6-15-8/h8H,1-7H2,(H2,11,16)(H,12,13). The van der Waals surface area contributed by atoms with E-state index in [1.807, 2.05) is 0 Å². The van der Waals surface area contributed by atoms with E-state index in [4.69, 9.17) is 27.4 Å². The third kappa shape index (κ3) is 5.39. The van der Waals surface area contributed by atoms with E-state index in [1.54, 1.807) is 0 Å². The summed E-state index contributed by atoms with van der Waals surface area (Å²) in [6.07, 6.45) is 2.05. The first kappa shape index (κ1) is 13.3. The van der Waals surface area contributed by atoms with E-state index >= 15 is 0 Å². The van der Waals surface area contributed by atoms with Crippen LogP contribution < -0.4 is 11.1 Å². The summed E-state index contributed by atoms with van der Waals surface area (Å²) in [6.45, 7) is 2.03. The van der Waals surface area contributed by atoms with Gasteiger partial charge in [0.1, 0.15) is 0 Å². The Bertz CT molecular complexity index is 242. The van der Waals surface area contributed by atoms with Crippen LogP contribution in [0.25, 0.3) is 0 Å². The van der Waals surface area contributed by atoms with Gasteiger partial charge in [-0.2, -0.15) is 0 Å². The fourth-order valence-electron chi connectivity index (χ4n) is 1.39. The molecule has 0 aliphatic carbocycles. The van der Waals surface area contributed by atoms with Gasteiger partial charge in [-0.05, 0) is 19.3 Å². The Balaban J connectivity index is 2.03. The molecule has 0 saturated carbocycles. The molecule has 0 radical (unpaired) electrons. The van der Waals surface area contributed by atoms with Crippen LogP contribution in [-0.4, -0.2) is 43.4 Å². The van der Waals surface area contributed by atoms with Gasteiger partial charge in [-0.1, -0.05) is 12.2 Å². The Morgan fingerprint density at radius 2 is 2.25 bits per heavy atom. The predicted molar refractivity (Wildman–Crippen MR) is 64.2 cm³/mol. The van der Waals surface area contributed by atoms with Crippen molar-refractivity contribution in [3.63, 3.8) is 0 Å². The van der Waals surface area contributed by atoms with Gasteiger partial charge in [-0.25, -0.2) is 0 Å². The van der Waals surface area contributed by atoms with Crippen molar-refractivity contribution < 1.29 is 14.3 Å². The number of hydrogen-bond acceptors (Lipinski definition) is 4. The quantitative estimate of drug-likeness (QED) is 0.509. The number of carbonyl (C=O) groups excluding carboxylic acids is 1. The second-order valence-corrected chi connectivity index (χ2v) is 4.17. The molecule has 1 fully saturated rings. The van der Waals surface area contributed by atoms with Crippen molar-refractivity contribution in [3.8, 4) is 0 Å². The molecule has 0 aromatic carbocycles. The molecule has 1 saturated heterocycles. The van der Waals surface area contributed by atoms with Crippen LogP contribution in [0.4, 0.5) is 0 Å². The van der Waals surface area contributed by atoms with Gasteiger partial charge in [0, 0.05) is 6.54 Å². The lowest BCUT2D eigenvalue weighted by Gasteiger charge is -2.21. The molecule has 92 valence electrons. The molecule has 1 rings (SSSR count). The fourth-order valence-corrected chi connectivity index (χ4v) is 1.53. The highest BCUT2D eigenvalue weighted by atomic mass is 32.1. The zero-order valence-electron chi connectivity index (χ0n) is 9.24. The summed E-state index contributed by atoms with van der Waals surface area (Å²) in [7, 11) is 0. The first-order chi connectivity index (χ1) is 7.70. The monoisotopic (exact) mass is 246 g/mol. The Morgan fingerprint density at radius 1 is 1.44 bits per heavy atom. The highest BCUT2D eigenvalue weighted by molar-refractivity contribution is 7.80. The van der Waals surface area contributed by atoms with Crippen LogP contribution in [0.3, 0.4) is 0 Å². The van der Waals surface area contributed by atoms with Crippen LogP contribution in [0, 0.1) is 0 Å². The van der Waals surface area contributed by atoms with Crippen molar-refractivity contribution in [1.29, 1.82) is 0 Å². The van der Waals surface area contributed by atoms with E-state index in [1.165, 1.54) is 0 Å². The Morgan fingerprint density at radius 3 is 2.88 bits per heavy atom. The van der Waals surface area contributed by atoms with E-state index in [9.17, 15) is 4.79 Å². The zero-order chi connectivity index (χ0) is 11.8. The van der Waals surface area contributed by atoms with E-state index < -0.39 is 6.10 Å². The summed E-state index contributed by atoms with van der Waals surface area (Å²) in [5, 5.41) is 2.80. The number of ether oxygens (including phenoxy) is 2. The number of carbonyl (C=O) groups is 1. The molecule has 1 unspecified atom stereocenters. The molecule has 1 aliphatic heterocycles. The summed E-state index contributed by atoms with van der Waals surface area (Å²) in [5.74, 6) is -0.102. The third-order valence-electron chi connectivity index (χ3n) is 2.26. The van der Waals surface area contributed by atoms with Crippen molar-refractivity contribution in [2.24, 2.45) is 5.73 Å². The first-order valence-corrected chi connectivity index (χ1v) is 5.86. The molecule has 0 bridgehead atoms. The van der Waals surface area contributed by atoms with Crippen molar-refractivity contribution in [1.82, 2.24) is 5.32 Å². The molecule has 3 N–H and O–H groups in total. The Kier molecular flexibility index (Phi) is 6.29. The van der Waals surface area contributed by atoms with Gasteiger partial charge in [-0.3, -0.25) is 4.79 Å². The minimum Gasteiger partial charge on any atom is -0.393 e. The summed E-state index contributed by atoms with van der Waals surface area (Å²) in [4.78, 5) is 12.1. The molecule has 5 nitrogen and oxygen atoms in total. The molecule has 6 heteroatoms. The maximum absolute atomic E-state index is 11.5. The maximum atomic E-state index is 11.5. The summed E-state index contributed by atoms with van der Waals surface area (Å²) in [5.41, 5.74) is 5.36. The number of thiocarbonyl (C=S) groups is 1. The fraction of sp³-hybridized carbons (Fsp3) is 0.800. The first-order valence-electron chi connectivity index (χ1n) is 5.45. The van der Waals surface area contributed by atoms with E-state index in [2.05, 4.69) is 5.32 Å². The third-order valence-corrected chi connectivity index (χ3v) is 2.46. The van der Waals surface area contributed by atoms with Gasteiger partial charge in [0.05, 0.1) is 24.8 Å². The largest absolute Gasteiger partial charge is 0.393 e. The molecule has 16 heavy (non-hydrogen) atoms. The van der Waals surface area contributed by atoms with E-state index in [0.717, 1.165) is 19.3 Å². The van der Waals surface area contributed by atoms with Crippen LogP contribution in [0.15, 0.2) is 0 Å².